The zero-order chi connectivity index (χ0) is 107. The van der Waals surface area contributed by atoms with Gasteiger partial charge in [0.1, 0.15) is 86.0 Å². The molecule has 4 fully saturated rings. The highest BCUT2D eigenvalue weighted by molar-refractivity contribution is 6.02. The molecule has 1 saturated heterocycles. The van der Waals surface area contributed by atoms with Gasteiger partial charge in [-0.25, -0.2) is 4.79 Å². The largest absolute Gasteiger partial charge is 0.511 e. The van der Waals surface area contributed by atoms with Gasteiger partial charge in [0.2, 0.25) is 65.0 Å². The molecule has 0 radical (unpaired) electrons. The molecule has 1 heterocycles. The SMILES string of the molecule is C/C=C/C[C@](C)(C(OC(=O)OC(CC=O)OC(=O)CCC(=O)OCCOCCOCCOCCOC(=O)CCC(=O)O)C1C(=O)NC(CC)C(=O)N(C)CC(=O)N(C)[C@@H](CC(C)C)C(=O)NC(C(C)C)C(=O)N(C)C(CC(C)C)C(=O)NC(C)C(=O)NC(C)C(=O)N(C)C(CC(C)C)C(=O)N(C)C(CC(C)C)C(=O)N(C)C(C(C)C)C(=O)N1C)[C@@]1(O)CCC2C3CCC4=CC(=O)C=C[C@]4(C)C3[C@@H](O)C[C@@]21C. The van der Waals surface area contributed by atoms with E-state index in [9.17, 15) is 58.2 Å². The van der Waals surface area contributed by atoms with Gasteiger partial charge in [0.15, 0.2) is 5.78 Å². The molecule has 5 rings (SSSR count). The van der Waals surface area contributed by atoms with Crippen molar-refractivity contribution in [3.63, 3.8) is 0 Å². The quantitative estimate of drug-likeness (QED) is 0.00919. The fraction of sp³-hybridized carbons (Fsp3) is 0.762. The summed E-state index contributed by atoms with van der Waals surface area (Å²) >= 11 is 0. The molecule has 0 aromatic rings. The normalized spacial score (nSPS) is 28.3. The van der Waals surface area contributed by atoms with Crippen LogP contribution in [0.1, 0.15) is 234 Å². The smallest absolute Gasteiger partial charge is 0.481 e. The van der Waals surface area contributed by atoms with Gasteiger partial charge in [-0.3, -0.25) is 76.7 Å². The Balaban J connectivity index is 1.75. The summed E-state index contributed by atoms with van der Waals surface area (Å²) in [7, 11) is 9.25. The van der Waals surface area contributed by atoms with E-state index in [1.807, 2.05) is 40.7 Å². The van der Waals surface area contributed by atoms with Crippen LogP contribution in [0.2, 0.25) is 0 Å². The van der Waals surface area contributed by atoms with E-state index in [0.29, 0.717) is 12.8 Å². The number of aliphatic hydroxyl groups is 2. The minimum Gasteiger partial charge on any atom is -0.481 e. The first kappa shape index (κ1) is 121. The molecule has 5 aliphatic rings. The molecule has 20 atom stereocenters. The lowest BCUT2D eigenvalue weighted by atomic mass is 9.44. The number of ketones is 1. The minimum absolute atomic E-state index is 0.0155. The van der Waals surface area contributed by atoms with Crippen LogP contribution in [0.25, 0.3) is 0 Å². The Morgan fingerprint density at radius 1 is 0.546 bits per heavy atom. The van der Waals surface area contributed by atoms with E-state index in [4.69, 9.17) is 43.0 Å². The first-order valence-electron chi connectivity index (χ1n) is 49.7. The van der Waals surface area contributed by atoms with Gasteiger partial charge in [0.25, 0.3) is 6.29 Å². The van der Waals surface area contributed by atoms with Gasteiger partial charge in [-0.15, -0.1) is 0 Å². The minimum atomic E-state index is -2.33. The Hall–Kier alpha value is -10.3. The molecule has 0 aromatic carbocycles. The summed E-state index contributed by atoms with van der Waals surface area (Å²) in [6.45, 7) is 31.6. The van der Waals surface area contributed by atoms with Crippen molar-refractivity contribution in [1.29, 1.82) is 0 Å². The van der Waals surface area contributed by atoms with Crippen LogP contribution in [0.15, 0.2) is 36.0 Å². The molecule has 14 unspecified atom stereocenters. The third kappa shape index (κ3) is 31.8. The van der Waals surface area contributed by atoms with E-state index < -0.39 is 245 Å². The van der Waals surface area contributed by atoms with Gasteiger partial charge >= 0.3 is 30.0 Å². The highest BCUT2D eigenvalue weighted by Gasteiger charge is 2.73. The van der Waals surface area contributed by atoms with Crippen LogP contribution in [0.3, 0.4) is 0 Å². The molecule has 796 valence electrons. The lowest BCUT2D eigenvalue weighted by Crippen LogP contribution is -2.71. The third-order valence-corrected chi connectivity index (χ3v) is 28.5. The van der Waals surface area contributed by atoms with Gasteiger partial charge in [-0.05, 0) is 151 Å². The molecule has 0 bridgehead atoms. The maximum atomic E-state index is 17.0. The molecule has 0 spiro atoms. The molecule has 11 amide bonds. The number of fused-ring (bicyclic) bond motifs is 5. The second-order valence-electron chi connectivity index (χ2n) is 41.5. The molecule has 3 saturated carbocycles. The molecule has 7 N–H and O–H groups in total. The number of carboxylic acid groups (broad SMARTS) is 1. The van der Waals surface area contributed by atoms with Crippen LogP contribution in [0, 0.1) is 69.5 Å². The van der Waals surface area contributed by atoms with Crippen molar-refractivity contribution in [2.45, 2.75) is 319 Å². The highest BCUT2D eigenvalue weighted by Crippen LogP contribution is 2.71. The Morgan fingerprint density at radius 3 is 1.54 bits per heavy atom. The number of carbonyl (C=O) groups excluding carboxylic acids is 17. The number of rotatable bonds is 39. The predicted octanol–water partition coefficient (Wildman–Crippen LogP) is 6.05. The van der Waals surface area contributed by atoms with Crippen molar-refractivity contribution in [2.75, 3.05) is 109 Å². The summed E-state index contributed by atoms with van der Waals surface area (Å²) < 4.78 is 44.6. The number of hydrogen-bond acceptors (Lipinski definition) is 28. The number of aliphatic hydroxyl groups excluding tert-OH is 1. The number of ether oxygens (including phenoxy) is 8. The van der Waals surface area contributed by atoms with Crippen LogP contribution < -0.4 is 21.3 Å². The summed E-state index contributed by atoms with van der Waals surface area (Å²) in [5, 5.41) is 47.8. The second kappa shape index (κ2) is 55.0. The zero-order valence-corrected chi connectivity index (χ0v) is 87.9. The van der Waals surface area contributed by atoms with E-state index in [2.05, 4.69) is 21.3 Å². The van der Waals surface area contributed by atoms with Crippen molar-refractivity contribution >= 4 is 107 Å². The van der Waals surface area contributed by atoms with Crippen molar-refractivity contribution in [3.8, 4) is 0 Å². The van der Waals surface area contributed by atoms with Gasteiger partial charge in [-0.2, -0.15) is 0 Å². The van der Waals surface area contributed by atoms with E-state index in [1.54, 1.807) is 87.5 Å². The standard InChI is InChI=1S/C101H163N11O29/c1-27-29-39-99(18,101(133)41-37-69-68-31-30-66-55-67(114)36-40-98(66,17)82(68)75(115)56-100(69,101)19)86(141-97(132)140-81(38-42-113)139-80(121)35-34-79(120)138-50-48-136-46-44-134-43-45-135-47-49-137-78(119)33-32-77(117)118)85-90(125)104-70(28-2)92(127)106(20)57-76(116)107(21)71(51-58(3)4)89(124)105-83(62(11)12)95(130)108(22)72(52-59(5)6)88(123)102-64(15)87(122)103-65(16)91(126)109(23)73(53-60(7)8)93(128)110(24)74(54-61(9)10)94(129)111(25)84(63(13)14)96(131)112(85)26/h27,29,36,40,42,55,58-65,68-75,81-86,115,133H,28,30-35,37-39,41,43-54,56-57H2,1-26H3,(H,102,123)(H,103,122)(H,104,125)(H,105,124)(H,117,118)/b29-27+/t64?,65?,68?,69?,70?,71-,72?,73?,74?,75-,81?,82?,83?,84?,85?,86?,98-,99+,100-,101-/m0/s1. The van der Waals surface area contributed by atoms with Crippen LogP contribution >= 0.6 is 0 Å². The topological polar surface area (TPSA) is 513 Å². The number of aldehydes is 1. The Morgan fingerprint density at radius 2 is 1.03 bits per heavy atom. The number of carboxylic acids is 1. The Bertz CT molecular complexity index is 4440. The average molecular weight is 2000 g/mol. The van der Waals surface area contributed by atoms with Gasteiger partial charge in [0.05, 0.1) is 90.0 Å². The molecule has 141 heavy (non-hydrogen) atoms. The predicted molar refractivity (Wildman–Crippen MR) is 517 cm³/mol. The van der Waals surface area contributed by atoms with Gasteiger partial charge in [-0.1, -0.05) is 135 Å². The lowest BCUT2D eigenvalue weighted by molar-refractivity contribution is -0.237. The second-order valence-corrected chi connectivity index (χ2v) is 41.5. The van der Waals surface area contributed by atoms with E-state index in [-0.39, 0.29) is 165 Å². The average Bonchev–Trinajstić information content (AvgIpc) is 1.54. The zero-order valence-electron chi connectivity index (χ0n) is 87.9. The number of esters is 3. The lowest BCUT2D eigenvalue weighted by Gasteiger charge is -2.63. The number of carbonyl (C=O) groups is 18. The van der Waals surface area contributed by atoms with Gasteiger partial charge < -0.3 is 114 Å². The van der Waals surface area contributed by atoms with Crippen molar-refractivity contribution in [1.82, 2.24) is 55.6 Å². The fourth-order valence-electron chi connectivity index (χ4n) is 20.7. The van der Waals surface area contributed by atoms with E-state index >= 15 is 38.4 Å². The third-order valence-electron chi connectivity index (χ3n) is 28.5. The summed E-state index contributed by atoms with van der Waals surface area (Å²) in [4.78, 5) is 269. The summed E-state index contributed by atoms with van der Waals surface area (Å²) in [5.41, 5.74) is -5.85. The van der Waals surface area contributed by atoms with Gasteiger partial charge in [0, 0.05) is 71.5 Å². The highest BCUT2D eigenvalue weighted by atomic mass is 16.8. The van der Waals surface area contributed by atoms with Crippen LogP contribution in [0.4, 0.5) is 4.79 Å². The molecule has 40 heteroatoms. The molecular weight excluding hydrogens is 1830 g/mol. The van der Waals surface area contributed by atoms with Crippen molar-refractivity contribution in [3.05, 3.63) is 36.0 Å². The number of aliphatic carboxylic acids is 1. The summed E-state index contributed by atoms with van der Waals surface area (Å²) in [6.07, 6.45) is -1.58. The maximum absolute atomic E-state index is 17.0. The van der Waals surface area contributed by atoms with Crippen molar-refractivity contribution in [2.24, 2.45) is 69.5 Å². The molecule has 4 aliphatic carbocycles. The molecule has 0 aromatic heterocycles. The number of likely N-dealkylation sites (N-methyl/N-ethyl adjacent to an activating group) is 7. The number of nitrogens with zero attached hydrogens (tertiary/aromatic N) is 7. The summed E-state index contributed by atoms with van der Waals surface area (Å²) in [6, 6.07) is -15.0. The summed E-state index contributed by atoms with van der Waals surface area (Å²) in [5.74, 6) is -17.6. The Labute approximate surface area is 831 Å². The number of nitrogens with one attached hydrogen (secondary N) is 4. The van der Waals surface area contributed by atoms with E-state index in [1.165, 1.54) is 97.8 Å². The molecule has 1 aliphatic heterocycles. The molecule has 40 nitrogen and oxygen atoms in total. The van der Waals surface area contributed by atoms with Crippen LogP contribution in [-0.4, -0.2) is 350 Å². The fourth-order valence-corrected chi connectivity index (χ4v) is 20.7. The van der Waals surface area contributed by atoms with E-state index in [0.717, 1.165) is 25.2 Å². The first-order valence-corrected chi connectivity index (χ1v) is 49.7. The first-order chi connectivity index (χ1) is 65.9. The van der Waals surface area contributed by atoms with Crippen LogP contribution in [-0.2, 0) is 119 Å². The van der Waals surface area contributed by atoms with Crippen molar-refractivity contribution < 1.29 is 140 Å². The number of allylic oxidation sites excluding steroid dienone is 6. The number of amides is 11. The monoisotopic (exact) mass is 1990 g/mol. The van der Waals surface area contributed by atoms with Crippen LogP contribution in [0.5, 0.6) is 0 Å². The molecular formula is C101H163N11O29. The maximum Gasteiger partial charge on any atom is 0.511 e. The Kier molecular flexibility index (Phi) is 47.2. The number of hydrogen-bond donors (Lipinski definition) is 7.